The predicted octanol–water partition coefficient (Wildman–Crippen LogP) is -2.60. The van der Waals surface area contributed by atoms with E-state index in [1.807, 2.05) is 5.32 Å². The Morgan fingerprint density at radius 2 is 1.53 bits per heavy atom. The molecule has 1 aromatic rings. The van der Waals surface area contributed by atoms with Crippen LogP contribution in [0.3, 0.4) is 0 Å². The number of phenolic OH excluding ortho intramolecular Hbond substituents is 2. The van der Waals surface area contributed by atoms with Gasteiger partial charge in [-0.1, -0.05) is 0 Å². The number of rotatable bonds is 5. The fraction of sp³-hybridized carbons (Fsp3) is 0.364. The van der Waals surface area contributed by atoms with E-state index >= 15 is 0 Å². The van der Waals surface area contributed by atoms with Crippen molar-refractivity contribution in [3.05, 3.63) is 17.7 Å². The molecule has 1 aromatic carbocycles. The van der Waals surface area contributed by atoms with Gasteiger partial charge in [0.2, 0.25) is 0 Å². The fourth-order valence-corrected chi connectivity index (χ4v) is 1.05. The van der Waals surface area contributed by atoms with Crippen molar-refractivity contribution < 1.29 is 40.8 Å². The van der Waals surface area contributed by atoms with E-state index in [2.05, 4.69) is 0 Å². The number of hydrogen-bond acceptors (Lipinski definition) is 6. The highest BCUT2D eigenvalue weighted by Gasteiger charge is 2.07. The predicted molar refractivity (Wildman–Crippen MR) is 62.0 cm³/mol. The van der Waals surface area contributed by atoms with Gasteiger partial charge in [-0.3, -0.25) is 0 Å². The summed E-state index contributed by atoms with van der Waals surface area (Å²) in [6.07, 6.45) is 0. The van der Waals surface area contributed by atoms with Gasteiger partial charge in [-0.15, -0.1) is 0 Å². The second kappa shape index (κ2) is 8.97. The summed E-state index contributed by atoms with van der Waals surface area (Å²) >= 11 is 0. The summed E-state index contributed by atoms with van der Waals surface area (Å²) in [7, 11) is 0. The Balaban J connectivity index is 0.000000399. The van der Waals surface area contributed by atoms with Gasteiger partial charge in [-0.25, -0.2) is 4.79 Å². The third-order valence-electron chi connectivity index (χ3n) is 1.96. The van der Waals surface area contributed by atoms with E-state index in [-0.39, 0.29) is 18.8 Å². The van der Waals surface area contributed by atoms with Crippen LogP contribution in [0.1, 0.15) is 10.4 Å². The zero-order valence-corrected chi connectivity index (χ0v) is 10.1. The average molecular weight is 275 g/mol. The molecule has 0 aliphatic rings. The number of hydrogen-bond donors (Lipinski definition) is 6. The van der Waals surface area contributed by atoms with Crippen LogP contribution >= 0.6 is 0 Å². The SMILES string of the molecule is O=C(O)c1cc(O)c([O-])c(O)c1.OCC[NH2+]CCO. The summed E-state index contributed by atoms with van der Waals surface area (Å²) in [6, 6.07) is 1.56. The number of aliphatic hydroxyl groups is 2. The molecule has 19 heavy (non-hydrogen) atoms. The molecular formula is C11H17NO7. The van der Waals surface area contributed by atoms with Crippen LogP contribution in [0.15, 0.2) is 12.1 Å². The first kappa shape index (κ1) is 17.0. The number of quaternary nitrogens is 1. The summed E-state index contributed by atoms with van der Waals surface area (Å²) in [5.74, 6) is -3.83. The van der Waals surface area contributed by atoms with Crippen molar-refractivity contribution >= 4 is 5.97 Å². The number of nitrogens with two attached hydrogens (primary N) is 1. The number of phenols is 2. The van der Waals surface area contributed by atoms with E-state index in [1.165, 1.54) is 0 Å². The first-order chi connectivity index (χ1) is 8.93. The van der Waals surface area contributed by atoms with Crippen molar-refractivity contribution in [1.29, 1.82) is 0 Å². The lowest BCUT2D eigenvalue weighted by molar-refractivity contribution is -0.657. The van der Waals surface area contributed by atoms with Crippen LogP contribution in [-0.4, -0.2) is 57.8 Å². The molecule has 0 saturated heterocycles. The van der Waals surface area contributed by atoms with Gasteiger partial charge >= 0.3 is 5.97 Å². The van der Waals surface area contributed by atoms with Gasteiger partial charge in [0.05, 0.1) is 31.9 Å². The normalized spacial score (nSPS) is 9.58. The second-order valence-electron chi connectivity index (χ2n) is 3.46. The van der Waals surface area contributed by atoms with E-state index in [0.717, 1.165) is 12.1 Å². The average Bonchev–Trinajstić information content (AvgIpc) is 2.36. The standard InChI is InChI=1S/C7H6O5.C4H11NO2/c8-4-1-3(7(11)12)2-5(9)6(4)10;6-3-1-5-2-4-7/h1-2,8-10H,(H,11,12);5-7H,1-4H2. The van der Waals surface area contributed by atoms with Crippen LogP contribution in [0.2, 0.25) is 0 Å². The number of carboxylic acids is 1. The number of aromatic hydroxyl groups is 2. The Bertz CT molecular complexity index is 381. The molecule has 0 heterocycles. The fourth-order valence-electron chi connectivity index (χ4n) is 1.05. The van der Waals surface area contributed by atoms with E-state index in [4.69, 9.17) is 25.5 Å². The van der Waals surface area contributed by atoms with Crippen LogP contribution in [0.5, 0.6) is 17.2 Å². The summed E-state index contributed by atoms with van der Waals surface area (Å²) in [4.78, 5) is 10.3. The van der Waals surface area contributed by atoms with Crippen LogP contribution in [0.4, 0.5) is 0 Å². The number of aromatic carboxylic acids is 1. The summed E-state index contributed by atoms with van der Waals surface area (Å²) < 4.78 is 0. The van der Waals surface area contributed by atoms with Crippen LogP contribution in [0.25, 0.3) is 0 Å². The molecule has 0 spiro atoms. The number of carbonyl (C=O) groups is 1. The van der Waals surface area contributed by atoms with Crippen molar-refractivity contribution in [2.24, 2.45) is 0 Å². The Kier molecular flexibility index (Phi) is 8.02. The molecule has 0 aliphatic carbocycles. The molecule has 0 radical (unpaired) electrons. The molecule has 7 N–H and O–H groups in total. The first-order valence-corrected chi connectivity index (χ1v) is 5.43. The second-order valence-corrected chi connectivity index (χ2v) is 3.46. The van der Waals surface area contributed by atoms with E-state index in [1.54, 1.807) is 0 Å². The van der Waals surface area contributed by atoms with Gasteiger partial charge < -0.3 is 36.0 Å². The molecule has 0 atom stereocenters. The molecule has 0 saturated carbocycles. The number of benzene rings is 1. The van der Waals surface area contributed by atoms with Gasteiger partial charge in [0.25, 0.3) is 0 Å². The van der Waals surface area contributed by atoms with Crippen molar-refractivity contribution in [1.82, 2.24) is 0 Å². The van der Waals surface area contributed by atoms with Crippen LogP contribution < -0.4 is 10.4 Å². The van der Waals surface area contributed by atoms with Gasteiger partial charge in [-0.2, -0.15) is 0 Å². The van der Waals surface area contributed by atoms with Crippen molar-refractivity contribution in [3.63, 3.8) is 0 Å². The maximum atomic E-state index is 10.7. The Morgan fingerprint density at radius 1 is 1.11 bits per heavy atom. The highest BCUT2D eigenvalue weighted by atomic mass is 16.4. The third-order valence-corrected chi connectivity index (χ3v) is 1.96. The van der Waals surface area contributed by atoms with Crippen LogP contribution in [-0.2, 0) is 0 Å². The monoisotopic (exact) mass is 275 g/mol. The maximum absolute atomic E-state index is 10.7. The largest absolute Gasteiger partial charge is 0.867 e. The van der Waals surface area contributed by atoms with Crippen molar-refractivity contribution in [2.75, 3.05) is 26.3 Å². The lowest BCUT2D eigenvalue weighted by atomic mass is 10.2. The molecule has 8 nitrogen and oxygen atoms in total. The minimum atomic E-state index is -1.32. The van der Waals surface area contributed by atoms with E-state index in [9.17, 15) is 9.90 Å². The zero-order chi connectivity index (χ0) is 14.8. The zero-order valence-electron chi connectivity index (χ0n) is 10.1. The smallest absolute Gasteiger partial charge is 0.335 e. The van der Waals surface area contributed by atoms with Gasteiger partial charge in [-0.05, 0) is 17.9 Å². The Labute approximate surface area is 109 Å². The topological polar surface area (TPSA) is 158 Å². The van der Waals surface area contributed by atoms with E-state index < -0.39 is 23.2 Å². The van der Waals surface area contributed by atoms with Crippen LogP contribution in [0, 0.1) is 0 Å². The number of carboxylic acid groups (broad SMARTS) is 1. The molecule has 0 amide bonds. The summed E-state index contributed by atoms with van der Waals surface area (Å²) in [6.45, 7) is 1.78. The Morgan fingerprint density at radius 3 is 1.84 bits per heavy atom. The maximum Gasteiger partial charge on any atom is 0.335 e. The third kappa shape index (κ3) is 6.46. The van der Waals surface area contributed by atoms with Crippen molar-refractivity contribution in [2.45, 2.75) is 0 Å². The molecule has 108 valence electrons. The lowest BCUT2D eigenvalue weighted by Gasteiger charge is -2.10. The molecule has 8 heteroatoms. The Hall–Kier alpha value is -2.03. The molecule has 0 aliphatic heterocycles. The molecule has 0 aromatic heterocycles. The minimum Gasteiger partial charge on any atom is -0.867 e. The highest BCUT2D eigenvalue weighted by Crippen LogP contribution is 2.32. The van der Waals surface area contributed by atoms with E-state index in [0.29, 0.717) is 13.1 Å². The van der Waals surface area contributed by atoms with Gasteiger partial charge in [0.1, 0.15) is 11.5 Å². The minimum absolute atomic E-state index is 0.194. The van der Waals surface area contributed by atoms with Crippen molar-refractivity contribution in [3.8, 4) is 17.2 Å². The quantitative estimate of drug-likeness (QED) is 0.321. The molecule has 0 fully saturated rings. The number of aliphatic hydroxyl groups excluding tert-OH is 2. The summed E-state index contributed by atoms with van der Waals surface area (Å²) in [5, 5.41) is 54.9. The van der Waals surface area contributed by atoms with Gasteiger partial charge in [0, 0.05) is 0 Å². The molecule has 0 unspecified atom stereocenters. The summed E-state index contributed by atoms with van der Waals surface area (Å²) in [5.41, 5.74) is -0.329. The molecule has 1 rings (SSSR count). The first-order valence-electron chi connectivity index (χ1n) is 5.43. The highest BCUT2D eigenvalue weighted by molar-refractivity contribution is 5.89. The van der Waals surface area contributed by atoms with Gasteiger partial charge in [0.15, 0.2) is 0 Å². The molecule has 0 bridgehead atoms. The lowest BCUT2D eigenvalue weighted by Crippen LogP contribution is -2.85. The molecular weight excluding hydrogens is 258 g/mol.